The number of carbonyl (C=O) groups is 2. The van der Waals surface area contributed by atoms with E-state index in [-0.39, 0.29) is 32.0 Å². The van der Waals surface area contributed by atoms with E-state index < -0.39 is 16.9 Å². The summed E-state index contributed by atoms with van der Waals surface area (Å²) < 4.78 is 0.243. The molecule has 0 aromatic heterocycles. The van der Waals surface area contributed by atoms with E-state index in [2.05, 4.69) is 5.32 Å². The quantitative estimate of drug-likeness (QED) is 0.227. The first-order chi connectivity index (χ1) is 12.3. The van der Waals surface area contributed by atoms with Gasteiger partial charge in [-0.3, -0.25) is 14.9 Å². The van der Waals surface area contributed by atoms with Crippen molar-refractivity contribution in [2.45, 2.75) is 0 Å². The van der Waals surface area contributed by atoms with Gasteiger partial charge in [0.05, 0.1) is 14.2 Å². The Bertz CT molecular complexity index is 992. The highest BCUT2D eigenvalue weighted by atomic mass is 127. The molecular weight excluding hydrogens is 477 g/mol. The van der Waals surface area contributed by atoms with E-state index in [0.29, 0.717) is 5.02 Å². The lowest BCUT2D eigenvalue weighted by Gasteiger charge is -2.11. The number of imide groups is 1. The van der Waals surface area contributed by atoms with Crippen molar-refractivity contribution < 1.29 is 19.6 Å². The number of nitro benzene ring substituents is 1. The van der Waals surface area contributed by atoms with Gasteiger partial charge in [0.2, 0.25) is 0 Å². The van der Waals surface area contributed by atoms with Gasteiger partial charge in [0, 0.05) is 22.7 Å². The Morgan fingerprint density at radius 3 is 2.65 bits per heavy atom. The lowest BCUT2D eigenvalue weighted by molar-refractivity contribution is -0.385. The number of hydrogen-bond acceptors (Lipinski definition) is 5. The van der Waals surface area contributed by atoms with Crippen molar-refractivity contribution >= 4 is 63.6 Å². The Balaban J connectivity index is 2.02. The minimum atomic E-state index is -0.692. The SMILES string of the molecule is O=C1N/C(=C/c2cc([N+](=O)[O-])cc(I)c2O)C(=O)N1c1cccc(Cl)c1. The second-order valence-electron chi connectivity index (χ2n) is 5.23. The van der Waals surface area contributed by atoms with Gasteiger partial charge in [-0.2, -0.15) is 0 Å². The van der Waals surface area contributed by atoms with Crippen LogP contribution in [0.3, 0.4) is 0 Å². The molecule has 0 spiro atoms. The van der Waals surface area contributed by atoms with Gasteiger partial charge in [-0.15, -0.1) is 0 Å². The molecule has 2 aromatic rings. The summed E-state index contributed by atoms with van der Waals surface area (Å²) in [5.74, 6) is -0.898. The smallest absolute Gasteiger partial charge is 0.333 e. The van der Waals surface area contributed by atoms with Gasteiger partial charge in [-0.25, -0.2) is 9.69 Å². The van der Waals surface area contributed by atoms with Crippen LogP contribution in [0.1, 0.15) is 5.56 Å². The molecule has 8 nitrogen and oxygen atoms in total. The van der Waals surface area contributed by atoms with Gasteiger partial charge < -0.3 is 10.4 Å². The minimum absolute atomic E-state index is 0.0418. The molecule has 132 valence electrons. The topological polar surface area (TPSA) is 113 Å². The van der Waals surface area contributed by atoms with Crippen molar-refractivity contribution in [3.8, 4) is 5.75 Å². The molecule has 0 unspecified atom stereocenters. The van der Waals surface area contributed by atoms with Crippen LogP contribution in [-0.2, 0) is 4.79 Å². The van der Waals surface area contributed by atoms with E-state index in [9.17, 15) is 24.8 Å². The van der Waals surface area contributed by atoms with E-state index in [1.165, 1.54) is 18.2 Å². The number of urea groups is 1. The highest BCUT2D eigenvalue weighted by Gasteiger charge is 2.35. The first kappa shape index (κ1) is 18.1. The highest BCUT2D eigenvalue weighted by Crippen LogP contribution is 2.32. The molecule has 0 radical (unpaired) electrons. The number of rotatable bonds is 3. The lowest BCUT2D eigenvalue weighted by Crippen LogP contribution is -2.30. The van der Waals surface area contributed by atoms with Crippen LogP contribution in [0.4, 0.5) is 16.2 Å². The molecule has 1 fully saturated rings. The maximum Gasteiger partial charge on any atom is 0.333 e. The zero-order valence-electron chi connectivity index (χ0n) is 12.8. The maximum atomic E-state index is 12.6. The molecule has 1 heterocycles. The summed E-state index contributed by atoms with van der Waals surface area (Å²) in [6.45, 7) is 0. The number of amides is 3. The summed E-state index contributed by atoms with van der Waals surface area (Å²) in [6.07, 6.45) is 1.19. The Morgan fingerprint density at radius 2 is 2.00 bits per heavy atom. The van der Waals surface area contributed by atoms with Crippen LogP contribution in [0.2, 0.25) is 5.02 Å². The third kappa shape index (κ3) is 3.35. The second kappa shape index (κ2) is 6.92. The molecule has 2 aromatic carbocycles. The standard InChI is InChI=1S/C16H9ClIN3O5/c17-9-2-1-3-10(6-9)20-15(23)13(19-16(20)24)5-8-4-11(21(25)26)7-12(18)14(8)22/h1-7,22H,(H,19,24)/b13-5+. The van der Waals surface area contributed by atoms with Gasteiger partial charge in [0.25, 0.3) is 11.6 Å². The molecule has 10 heteroatoms. The highest BCUT2D eigenvalue weighted by molar-refractivity contribution is 14.1. The number of anilines is 1. The molecule has 3 rings (SSSR count). The van der Waals surface area contributed by atoms with Crippen LogP contribution < -0.4 is 10.2 Å². The molecule has 26 heavy (non-hydrogen) atoms. The number of phenols is 1. The minimum Gasteiger partial charge on any atom is -0.506 e. The van der Waals surface area contributed by atoms with Gasteiger partial charge in [0.1, 0.15) is 11.4 Å². The molecule has 0 atom stereocenters. The number of benzene rings is 2. The van der Waals surface area contributed by atoms with E-state index in [1.807, 2.05) is 0 Å². The van der Waals surface area contributed by atoms with Crippen LogP contribution >= 0.6 is 34.2 Å². The molecule has 0 bridgehead atoms. The molecule has 0 saturated carbocycles. The third-order valence-corrected chi connectivity index (χ3v) is 4.59. The van der Waals surface area contributed by atoms with Crippen molar-refractivity contribution in [1.82, 2.24) is 5.32 Å². The summed E-state index contributed by atoms with van der Waals surface area (Å²) in [5, 5.41) is 23.8. The fraction of sp³-hybridized carbons (Fsp3) is 0. The van der Waals surface area contributed by atoms with Crippen LogP contribution in [0.5, 0.6) is 5.75 Å². The molecule has 1 aliphatic rings. The van der Waals surface area contributed by atoms with Crippen molar-refractivity contribution in [2.24, 2.45) is 0 Å². The summed E-state index contributed by atoms with van der Waals surface area (Å²) in [6, 6.07) is 7.81. The number of nitro groups is 1. The Labute approximate surface area is 165 Å². The molecule has 1 aliphatic heterocycles. The summed E-state index contributed by atoms with van der Waals surface area (Å²) >= 11 is 7.63. The zero-order chi connectivity index (χ0) is 19.0. The average Bonchev–Trinajstić information content (AvgIpc) is 2.85. The number of nitrogens with one attached hydrogen (secondary N) is 1. The Morgan fingerprint density at radius 1 is 1.27 bits per heavy atom. The summed E-state index contributed by atoms with van der Waals surface area (Å²) in [5.41, 5.74) is -0.0504. The third-order valence-electron chi connectivity index (χ3n) is 3.53. The summed E-state index contributed by atoms with van der Waals surface area (Å²) in [7, 11) is 0. The zero-order valence-corrected chi connectivity index (χ0v) is 15.7. The van der Waals surface area contributed by atoms with Gasteiger partial charge in [0.15, 0.2) is 0 Å². The van der Waals surface area contributed by atoms with Crippen molar-refractivity contribution in [3.63, 3.8) is 0 Å². The maximum absolute atomic E-state index is 12.6. The number of phenolic OH excluding ortho intramolecular Hbond substituents is 1. The monoisotopic (exact) mass is 485 g/mol. The van der Waals surface area contributed by atoms with E-state index in [0.717, 1.165) is 11.0 Å². The lowest BCUT2D eigenvalue weighted by atomic mass is 10.1. The molecule has 3 amide bonds. The predicted octanol–water partition coefficient (Wildman–Crippen LogP) is 3.66. The number of carbonyl (C=O) groups excluding carboxylic acids is 2. The first-order valence-electron chi connectivity index (χ1n) is 7.07. The first-order valence-corrected chi connectivity index (χ1v) is 8.53. The van der Waals surface area contributed by atoms with E-state index in [4.69, 9.17) is 11.6 Å². The second-order valence-corrected chi connectivity index (χ2v) is 6.83. The number of aromatic hydroxyl groups is 1. The number of hydrogen-bond donors (Lipinski definition) is 2. The van der Waals surface area contributed by atoms with Gasteiger partial charge in [-0.1, -0.05) is 17.7 Å². The molecular formula is C16H9ClIN3O5. The number of nitrogens with zero attached hydrogens (tertiary/aromatic N) is 2. The van der Waals surface area contributed by atoms with E-state index in [1.54, 1.807) is 40.8 Å². The summed E-state index contributed by atoms with van der Waals surface area (Å²) in [4.78, 5) is 36.0. The Kier molecular flexibility index (Phi) is 4.83. The van der Waals surface area contributed by atoms with Gasteiger partial charge >= 0.3 is 6.03 Å². The van der Waals surface area contributed by atoms with Crippen molar-refractivity contribution in [3.05, 3.63) is 66.4 Å². The number of halogens is 2. The van der Waals surface area contributed by atoms with E-state index >= 15 is 0 Å². The number of non-ortho nitro benzene ring substituents is 1. The van der Waals surface area contributed by atoms with Crippen LogP contribution in [-0.4, -0.2) is 22.0 Å². The average molecular weight is 486 g/mol. The predicted molar refractivity (Wildman–Crippen MR) is 103 cm³/mol. The molecule has 2 N–H and O–H groups in total. The largest absolute Gasteiger partial charge is 0.506 e. The van der Waals surface area contributed by atoms with Crippen molar-refractivity contribution in [1.29, 1.82) is 0 Å². The molecule has 1 saturated heterocycles. The fourth-order valence-electron chi connectivity index (χ4n) is 2.36. The van der Waals surface area contributed by atoms with Crippen LogP contribution in [0, 0.1) is 13.7 Å². The van der Waals surface area contributed by atoms with Crippen LogP contribution in [0.15, 0.2) is 42.1 Å². The van der Waals surface area contributed by atoms with Gasteiger partial charge in [-0.05, 0) is 46.9 Å². The van der Waals surface area contributed by atoms with Crippen LogP contribution in [0.25, 0.3) is 6.08 Å². The molecule has 0 aliphatic carbocycles. The fourth-order valence-corrected chi connectivity index (χ4v) is 3.18. The Hall–Kier alpha value is -2.66. The van der Waals surface area contributed by atoms with Crippen molar-refractivity contribution in [2.75, 3.05) is 4.90 Å². The normalized spacial score (nSPS) is 15.5.